The van der Waals surface area contributed by atoms with Gasteiger partial charge in [0.2, 0.25) is 0 Å². The summed E-state index contributed by atoms with van der Waals surface area (Å²) >= 11 is -3.40. The van der Waals surface area contributed by atoms with Gasteiger partial charge in [-0.05, 0) is 0 Å². The number of aryl methyl sites for hydroxylation is 1. The van der Waals surface area contributed by atoms with Gasteiger partial charge in [-0.2, -0.15) is 0 Å². The molecule has 0 bridgehead atoms. The number of anilines is 2. The van der Waals surface area contributed by atoms with Crippen LogP contribution in [0.4, 0.5) is 11.4 Å². The molecule has 2 aromatic rings. The molecule has 3 fully saturated rings. The van der Waals surface area contributed by atoms with Crippen molar-refractivity contribution in [3.8, 4) is 0 Å². The number of carbonyl (C=O) groups is 1. The van der Waals surface area contributed by atoms with Crippen molar-refractivity contribution < 1.29 is 7.87 Å². The van der Waals surface area contributed by atoms with Gasteiger partial charge in [0.1, 0.15) is 0 Å². The molecule has 2 aromatic carbocycles. The van der Waals surface area contributed by atoms with E-state index in [1.165, 1.54) is 107 Å². The predicted molar refractivity (Wildman–Crippen MR) is 157 cm³/mol. The minimum atomic E-state index is -3.40. The zero-order valence-corrected chi connectivity index (χ0v) is 26.1. The Balaban J connectivity index is 1.51. The maximum absolute atomic E-state index is 14.3. The van der Waals surface area contributed by atoms with Crippen molar-refractivity contribution in [1.29, 1.82) is 0 Å². The van der Waals surface area contributed by atoms with Crippen LogP contribution in [0.3, 0.4) is 0 Å². The van der Waals surface area contributed by atoms with Crippen LogP contribution >= 0.6 is 0 Å². The van der Waals surface area contributed by atoms with Gasteiger partial charge in [0.15, 0.2) is 0 Å². The molecule has 3 saturated carbocycles. The van der Waals surface area contributed by atoms with Crippen molar-refractivity contribution in [2.75, 3.05) is 5.32 Å². The third kappa shape index (κ3) is 5.92. The van der Waals surface area contributed by atoms with E-state index in [1.54, 1.807) is 0 Å². The normalized spacial score (nSPS) is 20.5. The van der Waals surface area contributed by atoms with E-state index in [9.17, 15) is 4.79 Å². The van der Waals surface area contributed by atoms with Crippen molar-refractivity contribution in [3.63, 3.8) is 0 Å². The third-order valence-corrected chi connectivity index (χ3v) is 27.4. The van der Waals surface area contributed by atoms with Gasteiger partial charge in [0, 0.05) is 0 Å². The van der Waals surface area contributed by atoms with E-state index in [0.717, 1.165) is 28.7 Å². The molecule has 37 heavy (non-hydrogen) atoms. The van der Waals surface area contributed by atoms with E-state index < -0.39 is 18.8 Å². The molecule has 3 aliphatic rings. The Hall–Kier alpha value is -1.49. The number of rotatable bonds is 7. The first kappa shape index (κ1) is 27.1. The van der Waals surface area contributed by atoms with Gasteiger partial charge in [0.25, 0.3) is 0 Å². The average molecular weight is 608 g/mol. The second-order valence-corrected chi connectivity index (χ2v) is 24.6. The van der Waals surface area contributed by atoms with E-state index in [2.05, 4.69) is 43.4 Å². The van der Waals surface area contributed by atoms with E-state index in [0.29, 0.717) is 0 Å². The standard InChI is InChI=1S/C15H15NO2.3C6H11.Sn/c1-10-6-5-9-13(11(10)2)16-14-8-4-3-7-12(14)15(17)18;3*1-2-4-6-5-3-1;/h3-9,16H,1-2H3,(H,17,18);3*1H,2-6H2;/q;;;;+1/p-1. The zero-order valence-electron chi connectivity index (χ0n) is 23.2. The molecule has 0 amide bonds. The summed E-state index contributed by atoms with van der Waals surface area (Å²) in [4.78, 5) is 14.3. The Morgan fingerprint density at radius 1 is 0.676 bits per heavy atom. The van der Waals surface area contributed by atoms with Crippen LogP contribution in [0.2, 0.25) is 11.8 Å². The fourth-order valence-corrected chi connectivity index (χ4v) is 27.5. The second kappa shape index (κ2) is 12.6. The monoisotopic (exact) mass is 609 g/mol. The van der Waals surface area contributed by atoms with Crippen LogP contribution in [0.5, 0.6) is 0 Å². The minimum absolute atomic E-state index is 0.0223. The van der Waals surface area contributed by atoms with Gasteiger partial charge < -0.3 is 0 Å². The maximum atomic E-state index is 14.3. The van der Waals surface area contributed by atoms with Crippen molar-refractivity contribution in [3.05, 3.63) is 59.2 Å². The second-order valence-electron chi connectivity index (χ2n) is 12.2. The first-order valence-corrected chi connectivity index (χ1v) is 21.4. The van der Waals surface area contributed by atoms with Crippen molar-refractivity contribution >= 4 is 36.1 Å². The van der Waals surface area contributed by atoms with Crippen LogP contribution in [0, 0.1) is 13.8 Å². The van der Waals surface area contributed by atoms with Gasteiger partial charge in [-0.1, -0.05) is 0 Å². The molecule has 0 saturated heterocycles. The van der Waals surface area contributed by atoms with E-state index in [1.807, 2.05) is 18.2 Å². The van der Waals surface area contributed by atoms with Gasteiger partial charge in [-0.25, -0.2) is 0 Å². The number of carbonyl (C=O) groups excluding carboxylic acids is 1. The van der Waals surface area contributed by atoms with E-state index in [-0.39, 0.29) is 5.97 Å². The Morgan fingerprint density at radius 3 is 1.70 bits per heavy atom. The molecule has 200 valence electrons. The van der Waals surface area contributed by atoms with Crippen LogP contribution in [0.1, 0.15) is 118 Å². The molecule has 0 aliphatic heterocycles. The summed E-state index contributed by atoms with van der Waals surface area (Å²) in [5, 5.41) is 3.61. The predicted octanol–water partition coefficient (Wildman–Crippen LogP) is 10.2. The summed E-state index contributed by atoms with van der Waals surface area (Å²) in [6.45, 7) is 4.29. The van der Waals surface area contributed by atoms with E-state index >= 15 is 0 Å². The number of benzene rings is 2. The van der Waals surface area contributed by atoms with Crippen LogP contribution in [-0.2, 0) is 3.07 Å². The molecule has 0 atom stereocenters. The third-order valence-electron chi connectivity index (χ3n) is 10.0. The first-order valence-electron chi connectivity index (χ1n) is 15.2. The number of hydrogen-bond acceptors (Lipinski definition) is 3. The number of hydrogen-bond donors (Lipinski definition) is 1. The average Bonchev–Trinajstić information content (AvgIpc) is 2.96. The molecule has 5 rings (SSSR count). The van der Waals surface area contributed by atoms with E-state index in [4.69, 9.17) is 3.07 Å². The summed E-state index contributed by atoms with van der Waals surface area (Å²) in [7, 11) is 0. The molecule has 0 aromatic heterocycles. The summed E-state index contributed by atoms with van der Waals surface area (Å²) < 4.78 is 9.47. The Bertz CT molecular complexity index is 1000. The summed E-state index contributed by atoms with van der Waals surface area (Å²) in [6.07, 6.45) is 20.0. The van der Waals surface area contributed by atoms with Crippen LogP contribution in [0.25, 0.3) is 0 Å². The summed E-state index contributed by atoms with van der Waals surface area (Å²) in [6, 6.07) is 14.4. The number of nitrogens with one attached hydrogen (secondary N) is 1. The molecule has 3 nitrogen and oxygen atoms in total. The van der Waals surface area contributed by atoms with Gasteiger partial charge in [-0.3, -0.25) is 0 Å². The molecular formula is C33H47NO2Sn. The van der Waals surface area contributed by atoms with Crippen molar-refractivity contribution in [1.82, 2.24) is 0 Å². The molecule has 4 heteroatoms. The Morgan fingerprint density at radius 2 is 1.16 bits per heavy atom. The van der Waals surface area contributed by atoms with Crippen LogP contribution in [0.15, 0.2) is 42.5 Å². The van der Waals surface area contributed by atoms with Crippen LogP contribution in [-0.4, -0.2) is 24.8 Å². The molecule has 0 heterocycles. The summed E-state index contributed by atoms with van der Waals surface area (Å²) in [5.41, 5.74) is 5.17. The van der Waals surface area contributed by atoms with Gasteiger partial charge in [0.05, 0.1) is 0 Å². The topological polar surface area (TPSA) is 38.3 Å². The Labute approximate surface area is 229 Å². The molecule has 1 N–H and O–H groups in total. The SMILES string of the molecule is Cc1cccc(Nc2ccccc2C(=O)[O][Sn]([CH]2CCCCC2)([CH]2CCCCC2)[CH]2CCCCC2)c1C. The quantitative estimate of drug-likeness (QED) is 0.318. The molecule has 0 radical (unpaired) electrons. The van der Waals surface area contributed by atoms with Crippen LogP contribution < -0.4 is 5.32 Å². The van der Waals surface area contributed by atoms with Crippen molar-refractivity contribution in [2.45, 2.75) is 122 Å². The first-order chi connectivity index (χ1) is 18.1. The van der Waals surface area contributed by atoms with Gasteiger partial charge in [-0.15, -0.1) is 0 Å². The molecular weight excluding hydrogens is 561 g/mol. The molecule has 0 spiro atoms. The fraction of sp³-hybridized carbons (Fsp3) is 0.606. The van der Waals surface area contributed by atoms with Crippen molar-refractivity contribution in [2.24, 2.45) is 0 Å². The Kier molecular flexibility index (Phi) is 9.21. The summed E-state index contributed by atoms with van der Waals surface area (Å²) in [5.74, 6) is -0.0223. The zero-order chi connectivity index (χ0) is 25.7. The number of para-hydroxylation sites is 1. The van der Waals surface area contributed by atoms with Gasteiger partial charge >= 0.3 is 230 Å². The molecule has 3 aliphatic carbocycles. The fourth-order valence-electron chi connectivity index (χ4n) is 7.93. The molecule has 0 unspecified atom stereocenters.